The van der Waals surface area contributed by atoms with Gasteiger partial charge in [0.05, 0.1) is 0 Å². The molecule has 1 aromatic carbocycles. The van der Waals surface area contributed by atoms with Gasteiger partial charge in [0.25, 0.3) is 0 Å². The number of hydrogen-bond donors (Lipinski definition) is 2. The number of nitrogens with zero attached hydrogens (tertiary/aromatic N) is 1. The van der Waals surface area contributed by atoms with Gasteiger partial charge in [0.2, 0.25) is 0 Å². The molecule has 0 bridgehead atoms. The zero-order valence-electron chi connectivity index (χ0n) is 14.3. The Kier molecular flexibility index (Phi) is 4.48. The van der Waals surface area contributed by atoms with Crippen molar-refractivity contribution in [1.82, 2.24) is 4.90 Å². The number of benzene rings is 1. The van der Waals surface area contributed by atoms with Crippen molar-refractivity contribution in [3.8, 4) is 0 Å². The topological polar surface area (TPSA) is 53.6 Å². The van der Waals surface area contributed by atoms with E-state index in [0.717, 1.165) is 11.4 Å². The molecule has 0 aliphatic carbocycles. The number of ether oxygens (including phenoxy) is 1. The van der Waals surface area contributed by atoms with Crippen molar-refractivity contribution in [2.75, 3.05) is 23.7 Å². The molecule has 126 valence electrons. The Morgan fingerprint density at radius 1 is 1.13 bits per heavy atom. The third-order valence-electron chi connectivity index (χ3n) is 4.49. The van der Waals surface area contributed by atoms with Crippen LogP contribution in [0.4, 0.5) is 16.2 Å². The fourth-order valence-corrected chi connectivity index (χ4v) is 3.54. The van der Waals surface area contributed by atoms with Crippen LogP contribution in [-0.2, 0) is 4.74 Å². The lowest BCUT2D eigenvalue weighted by Gasteiger charge is -2.22. The Morgan fingerprint density at radius 3 is 2.52 bits per heavy atom. The van der Waals surface area contributed by atoms with Crippen LogP contribution in [-0.4, -0.2) is 41.8 Å². The van der Waals surface area contributed by atoms with Crippen molar-refractivity contribution < 1.29 is 9.53 Å². The number of carbonyl (C=O) groups is 1. The lowest BCUT2D eigenvalue weighted by molar-refractivity contribution is 0.0636. The molecular formula is C18H27N3O2. The molecule has 2 N–H and O–H groups in total. The summed E-state index contributed by atoms with van der Waals surface area (Å²) >= 11 is 0. The monoisotopic (exact) mass is 317 g/mol. The van der Waals surface area contributed by atoms with Gasteiger partial charge in [-0.2, -0.15) is 0 Å². The van der Waals surface area contributed by atoms with Gasteiger partial charge in [-0.25, -0.2) is 4.79 Å². The molecule has 5 heteroatoms. The molecule has 0 radical (unpaired) electrons. The Balaban J connectivity index is 1.54. The van der Waals surface area contributed by atoms with E-state index in [4.69, 9.17) is 4.74 Å². The minimum Gasteiger partial charge on any atom is -0.444 e. The summed E-state index contributed by atoms with van der Waals surface area (Å²) in [6, 6.07) is 9.09. The van der Waals surface area contributed by atoms with Gasteiger partial charge in [-0.1, -0.05) is 0 Å². The van der Waals surface area contributed by atoms with E-state index in [1.54, 1.807) is 0 Å². The molecule has 2 aliphatic heterocycles. The van der Waals surface area contributed by atoms with Crippen LogP contribution < -0.4 is 10.6 Å². The number of hydrogen-bond acceptors (Lipinski definition) is 4. The number of fused-ring (bicyclic) bond motifs is 1. The van der Waals surface area contributed by atoms with E-state index >= 15 is 0 Å². The smallest absolute Gasteiger partial charge is 0.412 e. The highest BCUT2D eigenvalue weighted by Gasteiger charge is 2.36. The summed E-state index contributed by atoms with van der Waals surface area (Å²) in [4.78, 5) is 14.4. The lowest BCUT2D eigenvalue weighted by Crippen LogP contribution is -2.33. The second-order valence-electron chi connectivity index (χ2n) is 7.49. The van der Waals surface area contributed by atoms with Crippen LogP contribution in [0.1, 0.15) is 40.0 Å². The van der Waals surface area contributed by atoms with Gasteiger partial charge >= 0.3 is 6.09 Å². The first-order valence-electron chi connectivity index (χ1n) is 8.51. The summed E-state index contributed by atoms with van der Waals surface area (Å²) in [5.74, 6) is 0. The predicted molar refractivity (Wildman–Crippen MR) is 92.9 cm³/mol. The zero-order valence-corrected chi connectivity index (χ0v) is 14.3. The van der Waals surface area contributed by atoms with E-state index < -0.39 is 11.7 Å². The summed E-state index contributed by atoms with van der Waals surface area (Å²) in [5.41, 5.74) is 1.37. The minimum absolute atomic E-state index is 0.421. The van der Waals surface area contributed by atoms with Crippen LogP contribution in [0.5, 0.6) is 0 Å². The first kappa shape index (κ1) is 16.1. The van der Waals surface area contributed by atoms with Gasteiger partial charge in [0.1, 0.15) is 5.60 Å². The summed E-state index contributed by atoms with van der Waals surface area (Å²) in [6.45, 7) is 8.02. The first-order valence-corrected chi connectivity index (χ1v) is 8.51. The van der Waals surface area contributed by atoms with Crippen LogP contribution in [0.2, 0.25) is 0 Å². The van der Waals surface area contributed by atoms with Crippen LogP contribution in [0.3, 0.4) is 0 Å². The Bertz CT molecular complexity index is 550. The largest absolute Gasteiger partial charge is 0.444 e. The second-order valence-corrected chi connectivity index (χ2v) is 7.49. The van der Waals surface area contributed by atoms with Crippen molar-refractivity contribution in [1.29, 1.82) is 0 Å². The molecule has 2 fully saturated rings. The third-order valence-corrected chi connectivity index (χ3v) is 4.49. The molecular weight excluding hydrogens is 290 g/mol. The van der Waals surface area contributed by atoms with E-state index in [-0.39, 0.29) is 0 Å². The Morgan fingerprint density at radius 2 is 1.83 bits per heavy atom. The van der Waals surface area contributed by atoms with Crippen molar-refractivity contribution >= 4 is 17.5 Å². The molecule has 2 saturated heterocycles. The van der Waals surface area contributed by atoms with Crippen LogP contribution in [0.15, 0.2) is 24.3 Å². The van der Waals surface area contributed by atoms with Gasteiger partial charge in [0.15, 0.2) is 0 Å². The lowest BCUT2D eigenvalue weighted by atomic mass is 10.1. The number of amides is 1. The van der Waals surface area contributed by atoms with E-state index in [1.807, 2.05) is 45.0 Å². The van der Waals surface area contributed by atoms with E-state index in [1.165, 1.54) is 32.4 Å². The molecule has 2 unspecified atom stereocenters. The SMILES string of the molecule is CC(C)(C)OC(=O)Nc1ccc(NC2CCN3CCCC23)cc1. The van der Waals surface area contributed by atoms with Crippen LogP contribution in [0, 0.1) is 0 Å². The minimum atomic E-state index is -0.485. The first-order chi connectivity index (χ1) is 10.9. The van der Waals surface area contributed by atoms with Crippen molar-refractivity contribution in [3.05, 3.63) is 24.3 Å². The highest BCUT2D eigenvalue weighted by molar-refractivity contribution is 5.85. The maximum atomic E-state index is 11.8. The van der Waals surface area contributed by atoms with Gasteiger partial charge in [-0.05, 0) is 70.8 Å². The number of rotatable bonds is 3. The quantitative estimate of drug-likeness (QED) is 0.893. The second kappa shape index (κ2) is 6.40. The molecule has 5 nitrogen and oxygen atoms in total. The number of anilines is 2. The Hall–Kier alpha value is -1.75. The van der Waals surface area contributed by atoms with E-state index in [2.05, 4.69) is 15.5 Å². The van der Waals surface area contributed by atoms with E-state index in [9.17, 15) is 4.79 Å². The molecule has 3 rings (SSSR count). The molecule has 2 aliphatic rings. The maximum absolute atomic E-state index is 11.8. The molecule has 0 spiro atoms. The summed E-state index contributed by atoms with van der Waals surface area (Å²) < 4.78 is 5.26. The fourth-order valence-electron chi connectivity index (χ4n) is 3.54. The summed E-state index contributed by atoms with van der Waals surface area (Å²) in [7, 11) is 0. The van der Waals surface area contributed by atoms with Crippen molar-refractivity contribution in [3.63, 3.8) is 0 Å². The van der Waals surface area contributed by atoms with E-state index in [0.29, 0.717) is 12.1 Å². The molecule has 2 atom stereocenters. The van der Waals surface area contributed by atoms with Gasteiger partial charge < -0.3 is 10.1 Å². The van der Waals surface area contributed by atoms with Crippen LogP contribution in [0.25, 0.3) is 0 Å². The van der Waals surface area contributed by atoms with Gasteiger partial charge in [0, 0.05) is 30.0 Å². The average molecular weight is 317 g/mol. The molecule has 1 amide bonds. The highest BCUT2D eigenvalue weighted by Crippen LogP contribution is 2.30. The molecule has 0 aromatic heterocycles. The molecule has 2 heterocycles. The van der Waals surface area contributed by atoms with Crippen molar-refractivity contribution in [2.45, 2.75) is 57.7 Å². The molecule has 1 aromatic rings. The number of carbonyl (C=O) groups excluding carboxylic acids is 1. The molecule has 0 saturated carbocycles. The van der Waals surface area contributed by atoms with Crippen molar-refractivity contribution in [2.24, 2.45) is 0 Å². The highest BCUT2D eigenvalue weighted by atomic mass is 16.6. The average Bonchev–Trinajstić information content (AvgIpc) is 3.04. The summed E-state index contributed by atoms with van der Waals surface area (Å²) in [6.07, 6.45) is 3.41. The predicted octanol–water partition coefficient (Wildman–Crippen LogP) is 3.68. The van der Waals surface area contributed by atoms with Crippen LogP contribution >= 0.6 is 0 Å². The standard InChI is InChI=1S/C18H27N3O2/c1-18(2,3)23-17(22)20-14-8-6-13(7-9-14)19-15-10-12-21-11-4-5-16(15)21/h6-9,15-16,19H,4-5,10-12H2,1-3H3,(H,20,22). The Labute approximate surface area is 138 Å². The summed E-state index contributed by atoms with van der Waals surface area (Å²) in [5, 5.41) is 6.40. The molecule has 23 heavy (non-hydrogen) atoms. The maximum Gasteiger partial charge on any atom is 0.412 e. The zero-order chi connectivity index (χ0) is 16.4. The van der Waals surface area contributed by atoms with Gasteiger partial charge in [-0.3, -0.25) is 10.2 Å². The third kappa shape index (κ3) is 4.16. The van der Waals surface area contributed by atoms with Gasteiger partial charge in [-0.15, -0.1) is 0 Å². The fraction of sp³-hybridized carbons (Fsp3) is 0.611. The number of nitrogens with one attached hydrogen (secondary N) is 2. The normalized spacial score (nSPS) is 24.3.